The fourth-order valence-electron chi connectivity index (χ4n) is 2.55. The van der Waals surface area contributed by atoms with Gasteiger partial charge in [0, 0.05) is 6.04 Å². The molecule has 2 N–H and O–H groups in total. The molecule has 1 aliphatic carbocycles. The van der Waals surface area contributed by atoms with E-state index in [0.29, 0.717) is 12.0 Å². The number of aliphatic carboxylic acids is 1. The number of carboxylic acid groups (broad SMARTS) is 1. The number of carbonyl (C=O) groups is 1. The molecule has 1 unspecified atom stereocenters. The molecule has 1 saturated carbocycles. The number of carboxylic acids is 1. The molecular formula is C15H21NO2. The smallest absolute Gasteiger partial charge is 0.320 e. The van der Waals surface area contributed by atoms with Gasteiger partial charge in [-0.2, -0.15) is 0 Å². The maximum Gasteiger partial charge on any atom is 0.320 e. The predicted octanol–water partition coefficient (Wildman–Crippen LogP) is 2.63. The zero-order valence-electron chi connectivity index (χ0n) is 11.0. The van der Waals surface area contributed by atoms with Crippen LogP contribution in [0, 0.1) is 5.92 Å². The Morgan fingerprint density at radius 3 is 2.39 bits per heavy atom. The molecule has 1 atom stereocenters. The van der Waals surface area contributed by atoms with Crippen LogP contribution in [0.1, 0.15) is 38.2 Å². The Morgan fingerprint density at radius 1 is 1.28 bits per heavy atom. The van der Waals surface area contributed by atoms with Crippen LogP contribution < -0.4 is 5.32 Å². The lowest BCUT2D eigenvalue weighted by atomic mass is 9.75. The molecule has 0 spiro atoms. The number of rotatable bonds is 5. The maximum atomic E-state index is 11.1. The average Bonchev–Trinajstić information content (AvgIpc) is 2.27. The summed E-state index contributed by atoms with van der Waals surface area (Å²) in [6.07, 6.45) is 2.08. The van der Waals surface area contributed by atoms with Crippen LogP contribution >= 0.6 is 0 Å². The lowest BCUT2D eigenvalue weighted by molar-refractivity contribution is -0.141. The van der Waals surface area contributed by atoms with E-state index in [4.69, 9.17) is 5.11 Å². The summed E-state index contributed by atoms with van der Waals surface area (Å²) in [5.74, 6) is -0.0308. The first-order chi connectivity index (χ1) is 8.58. The van der Waals surface area contributed by atoms with Crippen LogP contribution in [0.4, 0.5) is 0 Å². The lowest BCUT2D eigenvalue weighted by Crippen LogP contribution is -2.50. The third-order valence-electron chi connectivity index (χ3n) is 3.76. The topological polar surface area (TPSA) is 49.3 Å². The van der Waals surface area contributed by atoms with E-state index >= 15 is 0 Å². The van der Waals surface area contributed by atoms with Crippen molar-refractivity contribution in [3.05, 3.63) is 35.9 Å². The monoisotopic (exact) mass is 247 g/mol. The molecule has 2 rings (SSSR count). The molecular weight excluding hydrogens is 226 g/mol. The molecule has 0 amide bonds. The van der Waals surface area contributed by atoms with Crippen LogP contribution in [0.5, 0.6) is 0 Å². The van der Waals surface area contributed by atoms with E-state index in [-0.39, 0.29) is 5.92 Å². The van der Waals surface area contributed by atoms with Crippen LogP contribution in [0.25, 0.3) is 0 Å². The number of nitrogens with one attached hydrogen (secondary N) is 1. The third-order valence-corrected chi connectivity index (χ3v) is 3.76. The van der Waals surface area contributed by atoms with Gasteiger partial charge < -0.3 is 10.4 Å². The van der Waals surface area contributed by atoms with Crippen molar-refractivity contribution in [3.63, 3.8) is 0 Å². The quantitative estimate of drug-likeness (QED) is 0.841. The molecule has 0 aliphatic heterocycles. The minimum absolute atomic E-state index is 0.123. The lowest BCUT2D eigenvalue weighted by Gasteiger charge is -2.38. The van der Waals surface area contributed by atoms with Gasteiger partial charge in [0.1, 0.15) is 6.04 Å². The van der Waals surface area contributed by atoms with E-state index < -0.39 is 12.0 Å². The van der Waals surface area contributed by atoms with Crippen molar-refractivity contribution >= 4 is 5.97 Å². The minimum Gasteiger partial charge on any atom is -0.480 e. The van der Waals surface area contributed by atoms with Crippen molar-refractivity contribution in [3.8, 4) is 0 Å². The molecule has 0 saturated heterocycles. The van der Waals surface area contributed by atoms with Gasteiger partial charge >= 0.3 is 5.97 Å². The minimum atomic E-state index is -0.742. The normalized spacial score (nSPS) is 24.6. The summed E-state index contributed by atoms with van der Waals surface area (Å²) in [5, 5.41) is 12.4. The molecule has 0 aromatic heterocycles. The van der Waals surface area contributed by atoms with E-state index in [1.54, 1.807) is 0 Å². The van der Waals surface area contributed by atoms with Gasteiger partial charge in [-0.05, 0) is 30.2 Å². The average molecular weight is 247 g/mol. The highest BCUT2D eigenvalue weighted by molar-refractivity contribution is 5.73. The van der Waals surface area contributed by atoms with Gasteiger partial charge in [-0.3, -0.25) is 4.79 Å². The van der Waals surface area contributed by atoms with Gasteiger partial charge in [0.15, 0.2) is 0 Å². The molecule has 0 radical (unpaired) electrons. The molecule has 1 aliphatic rings. The second-order valence-electron chi connectivity index (χ2n) is 5.50. The molecule has 98 valence electrons. The number of hydrogen-bond acceptors (Lipinski definition) is 2. The molecule has 3 nitrogen and oxygen atoms in total. The van der Waals surface area contributed by atoms with E-state index in [1.165, 1.54) is 5.56 Å². The van der Waals surface area contributed by atoms with E-state index in [2.05, 4.69) is 29.6 Å². The second kappa shape index (κ2) is 5.53. The molecule has 0 bridgehead atoms. The Labute approximate surface area is 108 Å². The van der Waals surface area contributed by atoms with Crippen molar-refractivity contribution in [2.45, 2.75) is 44.7 Å². The van der Waals surface area contributed by atoms with Crippen LogP contribution in [0.2, 0.25) is 0 Å². The molecule has 3 heteroatoms. The Balaban J connectivity index is 1.84. The summed E-state index contributed by atoms with van der Waals surface area (Å²) < 4.78 is 0. The summed E-state index contributed by atoms with van der Waals surface area (Å²) >= 11 is 0. The van der Waals surface area contributed by atoms with Gasteiger partial charge in [0.05, 0.1) is 0 Å². The van der Waals surface area contributed by atoms with Gasteiger partial charge in [-0.25, -0.2) is 0 Å². The zero-order chi connectivity index (χ0) is 13.1. The zero-order valence-corrected chi connectivity index (χ0v) is 11.0. The SMILES string of the molecule is CC(C)C(NC1CC(c2ccccc2)C1)C(=O)O. The van der Waals surface area contributed by atoms with E-state index in [1.807, 2.05) is 19.9 Å². The Kier molecular flexibility index (Phi) is 4.02. The first-order valence-electron chi connectivity index (χ1n) is 6.61. The van der Waals surface area contributed by atoms with Gasteiger partial charge in [0.2, 0.25) is 0 Å². The van der Waals surface area contributed by atoms with Crippen molar-refractivity contribution in [2.24, 2.45) is 5.92 Å². The third kappa shape index (κ3) is 2.91. The summed E-state index contributed by atoms with van der Waals surface area (Å²) in [7, 11) is 0. The van der Waals surface area contributed by atoms with Gasteiger partial charge in [-0.15, -0.1) is 0 Å². The Bertz CT molecular complexity index is 396. The van der Waals surface area contributed by atoms with Gasteiger partial charge in [0.25, 0.3) is 0 Å². The highest BCUT2D eigenvalue weighted by Gasteiger charge is 2.34. The largest absolute Gasteiger partial charge is 0.480 e. The fraction of sp³-hybridized carbons (Fsp3) is 0.533. The molecule has 0 heterocycles. The van der Waals surface area contributed by atoms with Crippen LogP contribution in [0.3, 0.4) is 0 Å². The summed E-state index contributed by atoms with van der Waals surface area (Å²) in [4.78, 5) is 11.1. The molecule has 1 aromatic carbocycles. The molecule has 1 aromatic rings. The predicted molar refractivity (Wildman–Crippen MR) is 71.6 cm³/mol. The summed E-state index contributed by atoms with van der Waals surface area (Å²) in [6.45, 7) is 3.89. The molecule has 1 fully saturated rings. The van der Waals surface area contributed by atoms with Gasteiger partial charge in [-0.1, -0.05) is 44.2 Å². The fourth-order valence-corrected chi connectivity index (χ4v) is 2.55. The highest BCUT2D eigenvalue weighted by atomic mass is 16.4. The maximum absolute atomic E-state index is 11.1. The first-order valence-corrected chi connectivity index (χ1v) is 6.61. The van der Waals surface area contributed by atoms with Crippen molar-refractivity contribution in [1.29, 1.82) is 0 Å². The van der Waals surface area contributed by atoms with Crippen LogP contribution in [-0.4, -0.2) is 23.2 Å². The highest BCUT2D eigenvalue weighted by Crippen LogP contribution is 2.37. The Morgan fingerprint density at radius 2 is 1.89 bits per heavy atom. The van der Waals surface area contributed by atoms with Crippen molar-refractivity contribution < 1.29 is 9.90 Å². The first kappa shape index (κ1) is 13.1. The van der Waals surface area contributed by atoms with Crippen molar-refractivity contribution in [1.82, 2.24) is 5.32 Å². The van der Waals surface area contributed by atoms with E-state index in [0.717, 1.165) is 12.8 Å². The summed E-state index contributed by atoms with van der Waals surface area (Å²) in [6, 6.07) is 10.4. The van der Waals surface area contributed by atoms with Crippen LogP contribution in [-0.2, 0) is 4.79 Å². The van der Waals surface area contributed by atoms with E-state index in [9.17, 15) is 4.79 Å². The number of benzene rings is 1. The number of hydrogen-bond donors (Lipinski definition) is 2. The standard InChI is InChI=1S/C15H21NO2/c1-10(2)14(15(17)18)16-13-8-12(9-13)11-6-4-3-5-7-11/h3-7,10,12-14,16H,8-9H2,1-2H3,(H,17,18). The van der Waals surface area contributed by atoms with Crippen molar-refractivity contribution in [2.75, 3.05) is 0 Å². The van der Waals surface area contributed by atoms with Crippen LogP contribution in [0.15, 0.2) is 30.3 Å². The Hall–Kier alpha value is -1.35. The summed E-state index contributed by atoms with van der Waals surface area (Å²) in [5.41, 5.74) is 1.37. The second-order valence-corrected chi connectivity index (χ2v) is 5.50. The molecule has 18 heavy (non-hydrogen) atoms.